The van der Waals surface area contributed by atoms with Crippen LogP contribution in [0.2, 0.25) is 0 Å². The van der Waals surface area contributed by atoms with Gasteiger partial charge in [-0.3, -0.25) is 9.59 Å². The topological polar surface area (TPSA) is 58.2 Å². The van der Waals surface area contributed by atoms with E-state index in [0.29, 0.717) is 23.0 Å². The van der Waals surface area contributed by atoms with Crippen LogP contribution in [0.4, 0.5) is 5.69 Å². The third-order valence-corrected chi connectivity index (χ3v) is 3.90. The van der Waals surface area contributed by atoms with E-state index in [9.17, 15) is 9.59 Å². The summed E-state index contributed by atoms with van der Waals surface area (Å²) in [6.07, 6.45) is 6.10. The lowest BCUT2D eigenvalue weighted by atomic mass is 10.2. The van der Waals surface area contributed by atoms with Crippen molar-refractivity contribution in [2.45, 2.75) is 25.8 Å². The number of thioether (sulfide) groups is 1. The third kappa shape index (κ3) is 5.63. The molecule has 0 spiro atoms. The molecule has 2 rings (SSSR count). The first-order valence-corrected chi connectivity index (χ1v) is 8.24. The summed E-state index contributed by atoms with van der Waals surface area (Å²) in [5, 5.41) is 5.75. The molecule has 0 radical (unpaired) electrons. The highest BCUT2D eigenvalue weighted by Crippen LogP contribution is 2.20. The first kappa shape index (κ1) is 15.6. The number of hydrogen-bond donors (Lipinski definition) is 2. The second-order valence-electron chi connectivity index (χ2n) is 4.96. The highest BCUT2D eigenvalue weighted by molar-refractivity contribution is 8.00. The fourth-order valence-corrected chi connectivity index (χ4v) is 2.45. The van der Waals surface area contributed by atoms with Gasteiger partial charge in [0.05, 0.1) is 5.75 Å². The third-order valence-electron chi connectivity index (χ3n) is 3.00. The lowest BCUT2D eigenvalue weighted by molar-refractivity contribution is -0.113. The van der Waals surface area contributed by atoms with Gasteiger partial charge in [-0.1, -0.05) is 18.2 Å². The van der Waals surface area contributed by atoms with E-state index in [1.165, 1.54) is 0 Å². The van der Waals surface area contributed by atoms with Gasteiger partial charge < -0.3 is 10.6 Å². The molecule has 0 aliphatic heterocycles. The summed E-state index contributed by atoms with van der Waals surface area (Å²) in [4.78, 5) is 23.7. The molecule has 1 aliphatic rings. The van der Waals surface area contributed by atoms with Crippen LogP contribution in [-0.2, 0) is 4.79 Å². The molecular weight excluding hydrogens is 284 g/mol. The van der Waals surface area contributed by atoms with Gasteiger partial charge in [-0.2, -0.15) is 0 Å². The Labute approximate surface area is 129 Å². The zero-order valence-corrected chi connectivity index (χ0v) is 12.9. The number of nitrogens with one attached hydrogen (secondary N) is 2. The van der Waals surface area contributed by atoms with Crippen molar-refractivity contribution in [3.63, 3.8) is 0 Å². The Morgan fingerprint density at radius 1 is 1.38 bits per heavy atom. The average Bonchev–Trinajstić information content (AvgIpc) is 3.28. The van der Waals surface area contributed by atoms with Crippen molar-refractivity contribution in [2.75, 3.05) is 16.8 Å². The molecule has 5 heteroatoms. The molecule has 0 aromatic heterocycles. The fourth-order valence-electron chi connectivity index (χ4n) is 1.75. The van der Waals surface area contributed by atoms with Crippen molar-refractivity contribution < 1.29 is 9.59 Å². The number of allylic oxidation sites excluding steroid dienone is 1. The van der Waals surface area contributed by atoms with Gasteiger partial charge in [-0.05, 0) is 38.0 Å². The van der Waals surface area contributed by atoms with Gasteiger partial charge in [0, 0.05) is 23.0 Å². The number of rotatable bonds is 7. The van der Waals surface area contributed by atoms with Crippen LogP contribution in [0.25, 0.3) is 0 Å². The van der Waals surface area contributed by atoms with Gasteiger partial charge in [-0.15, -0.1) is 11.8 Å². The van der Waals surface area contributed by atoms with Crippen molar-refractivity contribution in [2.24, 2.45) is 0 Å². The summed E-state index contributed by atoms with van der Waals surface area (Å²) in [6, 6.07) is 7.38. The Morgan fingerprint density at radius 3 is 2.90 bits per heavy atom. The molecule has 0 atom stereocenters. The Bertz CT molecular complexity index is 539. The molecule has 4 nitrogen and oxygen atoms in total. The molecule has 1 aromatic rings. The van der Waals surface area contributed by atoms with E-state index < -0.39 is 0 Å². The maximum atomic E-state index is 11.9. The minimum absolute atomic E-state index is 0.0516. The Balaban J connectivity index is 1.84. The molecule has 1 aliphatic carbocycles. The van der Waals surface area contributed by atoms with Crippen molar-refractivity contribution in [1.82, 2.24) is 5.32 Å². The largest absolute Gasteiger partial charge is 0.349 e. The summed E-state index contributed by atoms with van der Waals surface area (Å²) in [7, 11) is 0. The summed E-state index contributed by atoms with van der Waals surface area (Å²) in [6.45, 7) is 1.96. The van der Waals surface area contributed by atoms with E-state index in [4.69, 9.17) is 0 Å². The highest BCUT2D eigenvalue weighted by atomic mass is 32.2. The van der Waals surface area contributed by atoms with E-state index in [2.05, 4.69) is 10.6 Å². The van der Waals surface area contributed by atoms with Gasteiger partial charge >= 0.3 is 0 Å². The van der Waals surface area contributed by atoms with Crippen LogP contribution in [0.5, 0.6) is 0 Å². The van der Waals surface area contributed by atoms with Crippen molar-refractivity contribution in [3.05, 3.63) is 42.0 Å². The van der Waals surface area contributed by atoms with Gasteiger partial charge in [-0.25, -0.2) is 0 Å². The fraction of sp³-hybridized carbons (Fsp3) is 0.375. The molecule has 21 heavy (non-hydrogen) atoms. The van der Waals surface area contributed by atoms with E-state index in [-0.39, 0.29) is 11.8 Å². The smallest absolute Gasteiger partial charge is 0.251 e. The quantitative estimate of drug-likeness (QED) is 0.601. The van der Waals surface area contributed by atoms with Crippen molar-refractivity contribution in [1.29, 1.82) is 0 Å². The van der Waals surface area contributed by atoms with Crippen LogP contribution in [0.15, 0.2) is 36.4 Å². The molecule has 0 bridgehead atoms. The standard InChI is InChI=1S/C16H20N2O2S/c1-2-3-9-21-11-15(19)17-14-6-4-5-12(10-14)16(20)18-13-7-8-13/h2-6,10,13H,7-9,11H2,1H3,(H,17,19)(H,18,20)/b3-2+. The molecule has 2 N–H and O–H groups in total. The molecule has 0 heterocycles. The summed E-state index contributed by atoms with van der Waals surface area (Å²) < 4.78 is 0. The SMILES string of the molecule is C/C=C/CSCC(=O)Nc1cccc(C(=O)NC2CC2)c1. The number of anilines is 1. The summed E-state index contributed by atoms with van der Waals surface area (Å²) in [5.74, 6) is 1.11. The Hall–Kier alpha value is -1.75. The molecule has 2 amide bonds. The van der Waals surface area contributed by atoms with Gasteiger partial charge in [0.2, 0.25) is 5.91 Å². The number of carbonyl (C=O) groups excluding carboxylic acids is 2. The number of benzene rings is 1. The maximum Gasteiger partial charge on any atom is 0.251 e. The normalized spacial score (nSPS) is 14.1. The molecule has 112 valence electrons. The van der Waals surface area contributed by atoms with Crippen LogP contribution >= 0.6 is 11.8 Å². The molecule has 0 saturated heterocycles. The lowest BCUT2D eigenvalue weighted by Crippen LogP contribution is -2.25. The van der Waals surface area contributed by atoms with E-state index in [0.717, 1.165) is 18.6 Å². The van der Waals surface area contributed by atoms with Crippen molar-refractivity contribution >= 4 is 29.3 Å². The summed E-state index contributed by atoms with van der Waals surface area (Å²) >= 11 is 1.55. The maximum absolute atomic E-state index is 11.9. The first-order chi connectivity index (χ1) is 10.2. The number of hydrogen-bond acceptors (Lipinski definition) is 3. The highest BCUT2D eigenvalue weighted by Gasteiger charge is 2.23. The Morgan fingerprint density at radius 2 is 2.19 bits per heavy atom. The number of amides is 2. The zero-order chi connectivity index (χ0) is 15.1. The zero-order valence-electron chi connectivity index (χ0n) is 12.1. The lowest BCUT2D eigenvalue weighted by Gasteiger charge is -2.07. The van der Waals surface area contributed by atoms with Crippen LogP contribution in [-0.4, -0.2) is 29.4 Å². The van der Waals surface area contributed by atoms with Crippen LogP contribution < -0.4 is 10.6 Å². The van der Waals surface area contributed by atoms with Crippen LogP contribution in [0.1, 0.15) is 30.1 Å². The second kappa shape index (κ2) is 7.88. The van der Waals surface area contributed by atoms with Gasteiger partial charge in [0.15, 0.2) is 0 Å². The van der Waals surface area contributed by atoms with E-state index in [1.807, 2.05) is 19.1 Å². The monoisotopic (exact) mass is 304 g/mol. The molecule has 0 unspecified atom stereocenters. The molecule has 1 fully saturated rings. The van der Waals surface area contributed by atoms with Crippen LogP contribution in [0, 0.1) is 0 Å². The Kier molecular flexibility index (Phi) is 5.87. The van der Waals surface area contributed by atoms with Crippen LogP contribution in [0.3, 0.4) is 0 Å². The molecule has 1 aromatic carbocycles. The van der Waals surface area contributed by atoms with Crippen molar-refractivity contribution in [3.8, 4) is 0 Å². The number of carbonyl (C=O) groups is 2. The predicted molar refractivity (Wildman–Crippen MR) is 87.7 cm³/mol. The molecular formula is C16H20N2O2S. The average molecular weight is 304 g/mol. The van der Waals surface area contributed by atoms with E-state index in [1.54, 1.807) is 36.0 Å². The first-order valence-electron chi connectivity index (χ1n) is 7.08. The van der Waals surface area contributed by atoms with Gasteiger partial charge in [0.25, 0.3) is 5.91 Å². The van der Waals surface area contributed by atoms with Gasteiger partial charge in [0.1, 0.15) is 0 Å². The minimum Gasteiger partial charge on any atom is -0.349 e. The predicted octanol–water partition coefficient (Wildman–Crippen LogP) is 2.83. The summed E-state index contributed by atoms with van der Waals surface area (Å²) in [5.41, 5.74) is 1.25. The minimum atomic E-state index is -0.0731. The van der Waals surface area contributed by atoms with E-state index >= 15 is 0 Å². The second-order valence-corrected chi connectivity index (χ2v) is 5.99. The molecule has 1 saturated carbocycles.